The highest BCUT2D eigenvalue weighted by Crippen LogP contribution is 2.22. The van der Waals surface area contributed by atoms with Crippen molar-refractivity contribution in [3.8, 4) is 0 Å². The van der Waals surface area contributed by atoms with Crippen molar-refractivity contribution in [3.05, 3.63) is 42.5 Å². The second-order valence-corrected chi connectivity index (χ2v) is 7.01. The Balaban J connectivity index is 1.41. The number of aryl methyl sites for hydroxylation is 1. The fourth-order valence-corrected chi connectivity index (χ4v) is 3.84. The molecule has 25 heavy (non-hydrogen) atoms. The Morgan fingerprint density at radius 1 is 1.16 bits per heavy atom. The first-order chi connectivity index (χ1) is 12.3. The topological polar surface area (TPSA) is 51.8 Å². The standard InChI is InChI=1S/C19H26N6/c1-2-10-25-18-6-4-3-5-17(18)21-19(25)15-23-11-7-16(8-12-23)14-24-13-9-20-22-24/h3-6,9,13,16H,2,7-8,10-12,14-15H2,1H3. The van der Waals surface area contributed by atoms with E-state index < -0.39 is 0 Å². The highest BCUT2D eigenvalue weighted by atomic mass is 15.4. The first-order valence-electron chi connectivity index (χ1n) is 9.34. The van der Waals surface area contributed by atoms with Crippen molar-refractivity contribution in [3.63, 3.8) is 0 Å². The Morgan fingerprint density at radius 2 is 2.00 bits per heavy atom. The molecule has 0 spiro atoms. The largest absolute Gasteiger partial charge is 0.327 e. The molecule has 1 aliphatic heterocycles. The molecule has 6 nitrogen and oxygen atoms in total. The summed E-state index contributed by atoms with van der Waals surface area (Å²) < 4.78 is 4.36. The number of imidazole rings is 1. The molecule has 0 aliphatic carbocycles. The maximum Gasteiger partial charge on any atom is 0.124 e. The van der Waals surface area contributed by atoms with Crippen LogP contribution in [0.3, 0.4) is 0 Å². The Labute approximate surface area is 148 Å². The summed E-state index contributed by atoms with van der Waals surface area (Å²) in [6, 6.07) is 8.49. The SMILES string of the molecule is CCCn1c(CN2CCC(Cn3ccnn3)CC2)nc2ccccc21. The molecule has 1 fully saturated rings. The van der Waals surface area contributed by atoms with Crippen molar-refractivity contribution in [1.82, 2.24) is 29.4 Å². The second-order valence-electron chi connectivity index (χ2n) is 7.01. The number of hydrogen-bond acceptors (Lipinski definition) is 4. The Hall–Kier alpha value is -2.21. The molecule has 0 N–H and O–H groups in total. The highest BCUT2D eigenvalue weighted by molar-refractivity contribution is 5.75. The van der Waals surface area contributed by atoms with Crippen LogP contribution in [0, 0.1) is 5.92 Å². The average molecular weight is 338 g/mol. The Bertz CT molecular complexity index is 799. The summed E-state index contributed by atoms with van der Waals surface area (Å²) in [5.74, 6) is 1.91. The van der Waals surface area contributed by atoms with Crippen LogP contribution < -0.4 is 0 Å². The molecule has 132 valence electrons. The van der Waals surface area contributed by atoms with Gasteiger partial charge in [0.05, 0.1) is 23.8 Å². The summed E-state index contributed by atoms with van der Waals surface area (Å²) in [4.78, 5) is 7.45. The molecule has 0 unspecified atom stereocenters. The van der Waals surface area contributed by atoms with Gasteiger partial charge in [0.2, 0.25) is 0 Å². The van der Waals surface area contributed by atoms with Crippen LogP contribution in [0.5, 0.6) is 0 Å². The summed E-state index contributed by atoms with van der Waals surface area (Å²) in [6.07, 6.45) is 7.28. The van der Waals surface area contributed by atoms with Gasteiger partial charge in [0.1, 0.15) is 5.82 Å². The van der Waals surface area contributed by atoms with Gasteiger partial charge in [0.15, 0.2) is 0 Å². The quantitative estimate of drug-likeness (QED) is 0.693. The van der Waals surface area contributed by atoms with E-state index in [2.05, 4.69) is 51.0 Å². The van der Waals surface area contributed by atoms with E-state index in [4.69, 9.17) is 4.98 Å². The summed E-state index contributed by atoms with van der Waals surface area (Å²) in [5, 5.41) is 7.99. The van der Waals surface area contributed by atoms with Crippen LogP contribution in [0.1, 0.15) is 32.0 Å². The molecular weight excluding hydrogens is 312 g/mol. The van der Waals surface area contributed by atoms with Gasteiger partial charge >= 0.3 is 0 Å². The van der Waals surface area contributed by atoms with Crippen molar-refractivity contribution >= 4 is 11.0 Å². The number of piperidine rings is 1. The van der Waals surface area contributed by atoms with Gasteiger partial charge < -0.3 is 4.57 Å². The van der Waals surface area contributed by atoms with Crippen LogP contribution >= 0.6 is 0 Å². The van der Waals surface area contributed by atoms with E-state index in [1.54, 1.807) is 6.20 Å². The van der Waals surface area contributed by atoms with Crippen LogP contribution in [-0.4, -0.2) is 42.5 Å². The van der Waals surface area contributed by atoms with Crippen molar-refractivity contribution < 1.29 is 0 Å². The van der Waals surface area contributed by atoms with Gasteiger partial charge in [-0.25, -0.2) is 4.98 Å². The number of benzene rings is 1. The van der Waals surface area contributed by atoms with E-state index in [1.807, 2.05) is 10.9 Å². The molecule has 0 amide bonds. The molecule has 0 bridgehead atoms. The molecule has 2 aromatic heterocycles. The van der Waals surface area contributed by atoms with Crippen molar-refractivity contribution in [1.29, 1.82) is 0 Å². The van der Waals surface area contributed by atoms with Crippen LogP contribution in [0.15, 0.2) is 36.7 Å². The Kier molecular flexibility index (Phi) is 4.78. The fourth-order valence-electron chi connectivity index (χ4n) is 3.84. The molecule has 0 saturated carbocycles. The van der Waals surface area contributed by atoms with Crippen LogP contribution in [-0.2, 0) is 19.6 Å². The van der Waals surface area contributed by atoms with Gasteiger partial charge in [-0.3, -0.25) is 9.58 Å². The number of nitrogens with zero attached hydrogens (tertiary/aromatic N) is 6. The van der Waals surface area contributed by atoms with Crippen LogP contribution in [0.2, 0.25) is 0 Å². The molecule has 1 saturated heterocycles. The maximum atomic E-state index is 4.90. The fraction of sp³-hybridized carbons (Fsp3) is 0.526. The van der Waals surface area contributed by atoms with Crippen molar-refractivity contribution in [2.45, 2.75) is 45.8 Å². The predicted molar refractivity (Wildman–Crippen MR) is 98.0 cm³/mol. The summed E-state index contributed by atoms with van der Waals surface area (Å²) in [7, 11) is 0. The number of rotatable bonds is 6. The number of para-hydroxylation sites is 2. The lowest BCUT2D eigenvalue weighted by Crippen LogP contribution is -2.35. The molecule has 3 heterocycles. The molecule has 1 aliphatic rings. The zero-order chi connectivity index (χ0) is 17.1. The zero-order valence-corrected chi connectivity index (χ0v) is 14.9. The minimum Gasteiger partial charge on any atom is -0.327 e. The molecular formula is C19H26N6. The van der Waals surface area contributed by atoms with Gasteiger partial charge in [0.25, 0.3) is 0 Å². The van der Waals surface area contributed by atoms with Gasteiger partial charge in [-0.15, -0.1) is 5.10 Å². The van der Waals surface area contributed by atoms with E-state index in [1.165, 1.54) is 24.2 Å². The van der Waals surface area contributed by atoms with Crippen LogP contribution in [0.4, 0.5) is 0 Å². The third-order valence-corrected chi connectivity index (χ3v) is 5.17. The summed E-state index contributed by atoms with van der Waals surface area (Å²) in [5.41, 5.74) is 2.38. The minimum absolute atomic E-state index is 0.701. The number of likely N-dealkylation sites (tertiary alicyclic amines) is 1. The highest BCUT2D eigenvalue weighted by Gasteiger charge is 2.21. The first-order valence-corrected chi connectivity index (χ1v) is 9.34. The first kappa shape index (κ1) is 16.3. The molecule has 4 rings (SSSR count). The number of aromatic nitrogens is 5. The zero-order valence-electron chi connectivity index (χ0n) is 14.9. The van der Waals surface area contributed by atoms with E-state index in [0.29, 0.717) is 5.92 Å². The van der Waals surface area contributed by atoms with E-state index in [-0.39, 0.29) is 0 Å². The van der Waals surface area contributed by atoms with Crippen molar-refractivity contribution in [2.24, 2.45) is 5.92 Å². The number of hydrogen-bond donors (Lipinski definition) is 0. The van der Waals surface area contributed by atoms with E-state index in [9.17, 15) is 0 Å². The lowest BCUT2D eigenvalue weighted by Gasteiger charge is -2.31. The van der Waals surface area contributed by atoms with Crippen LogP contribution in [0.25, 0.3) is 11.0 Å². The third kappa shape index (κ3) is 3.58. The number of fused-ring (bicyclic) bond motifs is 1. The monoisotopic (exact) mass is 338 g/mol. The molecule has 0 atom stereocenters. The van der Waals surface area contributed by atoms with Crippen molar-refractivity contribution in [2.75, 3.05) is 13.1 Å². The lowest BCUT2D eigenvalue weighted by atomic mass is 9.97. The molecule has 0 radical (unpaired) electrons. The molecule has 6 heteroatoms. The summed E-state index contributed by atoms with van der Waals surface area (Å²) in [6.45, 7) is 7.48. The van der Waals surface area contributed by atoms with Gasteiger partial charge in [0, 0.05) is 19.3 Å². The van der Waals surface area contributed by atoms with Gasteiger partial charge in [-0.2, -0.15) is 0 Å². The normalized spacial score (nSPS) is 16.7. The molecule has 3 aromatic rings. The van der Waals surface area contributed by atoms with E-state index in [0.717, 1.165) is 44.7 Å². The predicted octanol–water partition coefficient (Wildman–Crippen LogP) is 2.95. The van der Waals surface area contributed by atoms with Gasteiger partial charge in [-0.05, 0) is 50.4 Å². The average Bonchev–Trinajstić information content (AvgIpc) is 3.26. The molecule has 1 aromatic carbocycles. The maximum absolute atomic E-state index is 4.90. The summed E-state index contributed by atoms with van der Waals surface area (Å²) >= 11 is 0. The van der Waals surface area contributed by atoms with Gasteiger partial charge in [-0.1, -0.05) is 24.3 Å². The minimum atomic E-state index is 0.701. The second kappa shape index (κ2) is 7.35. The Morgan fingerprint density at radius 3 is 2.76 bits per heavy atom. The van der Waals surface area contributed by atoms with E-state index >= 15 is 0 Å². The smallest absolute Gasteiger partial charge is 0.124 e. The lowest BCUT2D eigenvalue weighted by molar-refractivity contribution is 0.159. The third-order valence-electron chi connectivity index (χ3n) is 5.17.